The van der Waals surface area contributed by atoms with E-state index in [-0.39, 0.29) is 31.3 Å². The molecule has 0 saturated heterocycles. The smallest absolute Gasteiger partial charge is 0.466 e. The Hall–Kier alpha value is -0.493. The molecule has 5 heteroatoms. The van der Waals surface area contributed by atoms with Crippen molar-refractivity contribution < 1.29 is 28.4 Å². The van der Waals surface area contributed by atoms with Gasteiger partial charge in [0.25, 0.3) is 0 Å². The molecule has 0 bridgehead atoms. The SMILES string of the molecule is CCOC(=O)Cc1cccc(Cl)n1.[CH2-]CCC.[Li+]. The van der Waals surface area contributed by atoms with Crippen molar-refractivity contribution in [1.82, 2.24) is 4.98 Å². The van der Waals surface area contributed by atoms with Crippen LogP contribution in [0.25, 0.3) is 0 Å². The van der Waals surface area contributed by atoms with Gasteiger partial charge in [0.15, 0.2) is 0 Å². The van der Waals surface area contributed by atoms with Crippen molar-refractivity contribution in [2.75, 3.05) is 6.61 Å². The minimum absolute atomic E-state index is 0. The number of pyridine rings is 1. The summed E-state index contributed by atoms with van der Waals surface area (Å²) < 4.78 is 4.76. The molecule has 0 fully saturated rings. The number of ether oxygens (including phenoxy) is 1. The van der Waals surface area contributed by atoms with E-state index in [9.17, 15) is 4.79 Å². The molecule has 0 radical (unpaired) electrons. The number of hydrogen-bond donors (Lipinski definition) is 0. The van der Waals surface area contributed by atoms with Gasteiger partial charge in [0, 0.05) is 0 Å². The zero-order valence-electron chi connectivity index (χ0n) is 11.4. The van der Waals surface area contributed by atoms with E-state index in [0.717, 1.165) is 6.42 Å². The van der Waals surface area contributed by atoms with Gasteiger partial charge >= 0.3 is 24.8 Å². The van der Waals surface area contributed by atoms with E-state index < -0.39 is 0 Å². The Morgan fingerprint density at radius 2 is 2.06 bits per heavy atom. The van der Waals surface area contributed by atoms with Gasteiger partial charge in [0.05, 0.1) is 18.7 Å². The molecule has 0 N–H and O–H groups in total. The fourth-order valence-electron chi connectivity index (χ4n) is 0.909. The molecule has 18 heavy (non-hydrogen) atoms. The molecule has 1 aromatic rings. The molecule has 0 unspecified atom stereocenters. The van der Waals surface area contributed by atoms with E-state index in [4.69, 9.17) is 16.3 Å². The predicted octanol–water partition coefficient (Wildman–Crippen LogP) is 0.465. The zero-order chi connectivity index (χ0) is 13.1. The Balaban J connectivity index is 0. The molecule has 0 spiro atoms. The number of hydrogen-bond acceptors (Lipinski definition) is 3. The quantitative estimate of drug-likeness (QED) is 0.343. The number of carbonyl (C=O) groups is 1. The molecule has 0 atom stereocenters. The van der Waals surface area contributed by atoms with Gasteiger partial charge in [-0.05, 0) is 19.1 Å². The Labute approximate surface area is 126 Å². The van der Waals surface area contributed by atoms with Crippen molar-refractivity contribution in [1.29, 1.82) is 0 Å². The Bertz CT molecular complexity index is 333. The number of nitrogens with zero attached hydrogens (tertiary/aromatic N) is 1. The van der Waals surface area contributed by atoms with E-state index in [0.29, 0.717) is 17.5 Å². The topological polar surface area (TPSA) is 39.2 Å². The van der Waals surface area contributed by atoms with E-state index in [1.165, 1.54) is 6.42 Å². The maximum absolute atomic E-state index is 11.0. The van der Waals surface area contributed by atoms with Gasteiger partial charge in [-0.1, -0.05) is 31.0 Å². The summed E-state index contributed by atoms with van der Waals surface area (Å²) in [6.45, 7) is 7.88. The number of esters is 1. The van der Waals surface area contributed by atoms with Crippen LogP contribution in [-0.2, 0) is 16.0 Å². The summed E-state index contributed by atoms with van der Waals surface area (Å²) in [5, 5.41) is 0.391. The minimum atomic E-state index is -0.280. The van der Waals surface area contributed by atoms with Crippen molar-refractivity contribution in [2.45, 2.75) is 33.1 Å². The molecule has 96 valence electrons. The molecule has 0 aliphatic rings. The van der Waals surface area contributed by atoms with Crippen molar-refractivity contribution >= 4 is 17.6 Å². The second-order valence-electron chi connectivity index (χ2n) is 3.29. The molecule has 0 aromatic carbocycles. The van der Waals surface area contributed by atoms with Crippen molar-refractivity contribution in [2.24, 2.45) is 0 Å². The predicted molar refractivity (Wildman–Crippen MR) is 69.8 cm³/mol. The molecule has 1 rings (SSSR count). The van der Waals surface area contributed by atoms with Crippen molar-refractivity contribution in [3.63, 3.8) is 0 Å². The van der Waals surface area contributed by atoms with E-state index >= 15 is 0 Å². The van der Waals surface area contributed by atoms with Crippen LogP contribution >= 0.6 is 11.6 Å². The summed E-state index contributed by atoms with van der Waals surface area (Å²) in [4.78, 5) is 15.0. The summed E-state index contributed by atoms with van der Waals surface area (Å²) in [7, 11) is 0. The average Bonchev–Trinajstić information content (AvgIpc) is 2.29. The van der Waals surface area contributed by atoms with Crippen molar-refractivity contribution in [3.8, 4) is 0 Å². The first-order chi connectivity index (χ1) is 8.13. The van der Waals surface area contributed by atoms with E-state index in [2.05, 4.69) is 18.8 Å². The molecule has 1 heterocycles. The molecule has 1 aromatic heterocycles. The van der Waals surface area contributed by atoms with E-state index in [1.54, 1.807) is 25.1 Å². The standard InChI is InChI=1S/C9H10ClNO2.C4H9.Li/c1-2-13-9(12)6-7-4-3-5-8(10)11-7;1-3-4-2;/h3-5H,2,6H2,1H3;1,3-4H2,2H3;/q;-1;+1. The maximum atomic E-state index is 11.0. The van der Waals surface area contributed by atoms with Gasteiger partial charge in [-0.25, -0.2) is 4.98 Å². The number of halogens is 1. The summed E-state index contributed by atoms with van der Waals surface area (Å²) in [6, 6.07) is 5.16. The number of rotatable bonds is 4. The normalized spacial score (nSPS) is 8.67. The van der Waals surface area contributed by atoms with Gasteiger partial charge in [-0.3, -0.25) is 4.79 Å². The van der Waals surface area contributed by atoms with Crippen LogP contribution in [-0.4, -0.2) is 17.6 Å². The van der Waals surface area contributed by atoms with Crippen LogP contribution in [0.5, 0.6) is 0 Å². The summed E-state index contributed by atoms with van der Waals surface area (Å²) in [5.41, 5.74) is 0.631. The van der Waals surface area contributed by atoms with Crippen LogP contribution < -0.4 is 18.9 Å². The number of unbranched alkanes of at least 4 members (excludes halogenated alkanes) is 1. The van der Waals surface area contributed by atoms with Gasteiger partial charge in [0.2, 0.25) is 0 Å². The van der Waals surface area contributed by atoms with Gasteiger partial charge in [0.1, 0.15) is 5.15 Å². The van der Waals surface area contributed by atoms with Crippen LogP contribution in [0, 0.1) is 6.92 Å². The molecule has 0 saturated carbocycles. The third kappa shape index (κ3) is 10.6. The van der Waals surface area contributed by atoms with Crippen LogP contribution in [0.2, 0.25) is 5.15 Å². The molecular weight excluding hydrogens is 245 g/mol. The largest absolute Gasteiger partial charge is 1.00 e. The molecule has 3 nitrogen and oxygen atoms in total. The first-order valence-corrected chi connectivity index (χ1v) is 6.08. The van der Waals surface area contributed by atoms with Gasteiger partial charge < -0.3 is 11.7 Å². The van der Waals surface area contributed by atoms with Crippen LogP contribution in [0.15, 0.2) is 18.2 Å². The molecular formula is C13H19ClLiNO2. The monoisotopic (exact) mass is 263 g/mol. The first-order valence-electron chi connectivity index (χ1n) is 5.70. The zero-order valence-corrected chi connectivity index (χ0v) is 12.2. The Kier molecular flexibility index (Phi) is 14.3. The summed E-state index contributed by atoms with van der Waals surface area (Å²) >= 11 is 5.64. The second kappa shape index (κ2) is 13.0. The fourth-order valence-corrected chi connectivity index (χ4v) is 1.09. The average molecular weight is 264 g/mol. The van der Waals surface area contributed by atoms with E-state index in [1.807, 2.05) is 0 Å². The number of carbonyl (C=O) groups excluding carboxylic acids is 1. The fraction of sp³-hybridized carbons (Fsp3) is 0.462. The first kappa shape index (κ1) is 19.8. The number of aromatic nitrogens is 1. The summed E-state index contributed by atoms with van der Waals surface area (Å²) in [6.07, 6.45) is 2.45. The third-order valence-electron chi connectivity index (χ3n) is 1.76. The summed E-state index contributed by atoms with van der Waals surface area (Å²) in [5.74, 6) is -0.280. The minimum Gasteiger partial charge on any atom is -0.466 e. The molecule has 0 aliphatic carbocycles. The van der Waals surface area contributed by atoms with Crippen LogP contribution in [0.3, 0.4) is 0 Å². The van der Waals surface area contributed by atoms with Crippen LogP contribution in [0.1, 0.15) is 32.4 Å². The molecule has 0 amide bonds. The molecule has 0 aliphatic heterocycles. The maximum Gasteiger partial charge on any atom is 1.00 e. The second-order valence-corrected chi connectivity index (χ2v) is 3.67. The third-order valence-corrected chi connectivity index (χ3v) is 1.97. The van der Waals surface area contributed by atoms with Crippen LogP contribution in [0.4, 0.5) is 0 Å². The van der Waals surface area contributed by atoms with Gasteiger partial charge in [-0.15, -0.1) is 0 Å². The Morgan fingerprint density at radius 1 is 1.44 bits per heavy atom. The van der Waals surface area contributed by atoms with Gasteiger partial charge in [-0.2, -0.15) is 6.42 Å². The van der Waals surface area contributed by atoms with Crippen molar-refractivity contribution in [3.05, 3.63) is 36.0 Å². The Morgan fingerprint density at radius 3 is 2.50 bits per heavy atom.